The largest absolute Gasteiger partial charge is 0.310 e. The second-order valence-corrected chi connectivity index (χ2v) is 4.22. The third kappa shape index (κ3) is 2.04. The lowest BCUT2D eigenvalue weighted by Crippen LogP contribution is -2.15. The fourth-order valence-corrected chi connectivity index (χ4v) is 2.23. The van der Waals surface area contributed by atoms with Gasteiger partial charge in [0.05, 0.1) is 10.6 Å². The number of nitrogens with one attached hydrogen (secondary N) is 1. The van der Waals surface area contributed by atoms with Crippen LogP contribution in [0, 0.1) is 5.82 Å². The van der Waals surface area contributed by atoms with Crippen LogP contribution in [0.15, 0.2) is 12.1 Å². The lowest BCUT2D eigenvalue weighted by atomic mass is 10.0. The Morgan fingerprint density at radius 1 is 1.38 bits per heavy atom. The average molecular weight is 250 g/mol. The average Bonchev–Trinajstić information content (AvgIpc) is 2.70. The summed E-state index contributed by atoms with van der Waals surface area (Å²) in [5, 5.41) is 2.86. The minimum Gasteiger partial charge on any atom is -0.310 e. The van der Waals surface area contributed by atoms with Crippen molar-refractivity contribution in [3.05, 3.63) is 34.1 Å². The topological polar surface area (TPSA) is 12.0 Å². The Hall–Kier alpha value is -0.740. The van der Waals surface area contributed by atoms with Crippen LogP contribution >= 0.6 is 11.6 Å². The molecule has 5 heteroatoms. The van der Waals surface area contributed by atoms with Crippen LogP contribution in [0.4, 0.5) is 13.2 Å². The molecule has 0 unspecified atom stereocenters. The molecule has 0 spiro atoms. The molecule has 16 heavy (non-hydrogen) atoms. The van der Waals surface area contributed by atoms with E-state index in [4.69, 9.17) is 11.6 Å². The fraction of sp³-hybridized carbons (Fsp3) is 0.455. The zero-order valence-electron chi connectivity index (χ0n) is 8.44. The highest BCUT2D eigenvalue weighted by Gasteiger charge is 2.25. The maximum absolute atomic E-state index is 13.8. The smallest absolute Gasteiger partial charge is 0.268 e. The summed E-state index contributed by atoms with van der Waals surface area (Å²) in [6, 6.07) is 2.64. The number of hydrogen-bond acceptors (Lipinski definition) is 1. The quantitative estimate of drug-likeness (QED) is 0.840. The van der Waals surface area contributed by atoms with Gasteiger partial charge in [0.15, 0.2) is 0 Å². The van der Waals surface area contributed by atoms with Gasteiger partial charge < -0.3 is 5.32 Å². The number of hydrogen-bond donors (Lipinski definition) is 1. The second kappa shape index (κ2) is 4.63. The Morgan fingerprint density at radius 2 is 2.12 bits per heavy atom. The van der Waals surface area contributed by atoms with Crippen LogP contribution < -0.4 is 5.32 Å². The van der Waals surface area contributed by atoms with Crippen molar-refractivity contribution in [3.63, 3.8) is 0 Å². The van der Waals surface area contributed by atoms with E-state index < -0.39 is 17.8 Å². The minimum atomic E-state index is -2.88. The van der Waals surface area contributed by atoms with Crippen LogP contribution in [0.2, 0.25) is 5.02 Å². The molecule has 1 heterocycles. The van der Waals surface area contributed by atoms with Gasteiger partial charge in [-0.3, -0.25) is 0 Å². The van der Waals surface area contributed by atoms with Crippen molar-refractivity contribution in [2.45, 2.75) is 25.3 Å². The summed E-state index contributed by atoms with van der Waals surface area (Å²) in [4.78, 5) is 0. The van der Waals surface area contributed by atoms with Crippen molar-refractivity contribution in [2.24, 2.45) is 0 Å². The molecule has 1 aromatic rings. The predicted octanol–water partition coefficient (Wildman–Crippen LogP) is 3.84. The van der Waals surface area contributed by atoms with Gasteiger partial charge in [-0.25, -0.2) is 13.2 Å². The molecule has 1 saturated heterocycles. The van der Waals surface area contributed by atoms with Crippen molar-refractivity contribution in [2.75, 3.05) is 6.54 Å². The Morgan fingerprint density at radius 3 is 2.69 bits per heavy atom. The van der Waals surface area contributed by atoms with Crippen molar-refractivity contribution in [3.8, 4) is 0 Å². The molecule has 2 rings (SSSR count). The molecule has 0 aromatic heterocycles. The molecule has 1 fully saturated rings. The highest BCUT2D eigenvalue weighted by Crippen LogP contribution is 2.35. The van der Waals surface area contributed by atoms with E-state index in [1.165, 1.54) is 12.1 Å². The maximum atomic E-state index is 13.8. The minimum absolute atomic E-state index is 0.172. The van der Waals surface area contributed by atoms with Crippen LogP contribution in [0.5, 0.6) is 0 Å². The summed E-state index contributed by atoms with van der Waals surface area (Å²) in [6.07, 6.45) is -1.19. The van der Waals surface area contributed by atoms with Crippen molar-refractivity contribution in [1.29, 1.82) is 0 Å². The standard InChI is InChI=1S/C11H11ClF3N/c12-7-4-3-6(8-2-1-5-16-8)10(13)9(7)11(14)15/h3-4,8,11,16H,1-2,5H2/t8-/m0/s1. The third-order valence-corrected chi connectivity index (χ3v) is 3.14. The molecule has 0 amide bonds. The van der Waals surface area contributed by atoms with Crippen LogP contribution in [-0.2, 0) is 0 Å². The highest BCUT2D eigenvalue weighted by molar-refractivity contribution is 6.31. The summed E-state index contributed by atoms with van der Waals surface area (Å²) >= 11 is 5.56. The molecule has 0 radical (unpaired) electrons. The van der Waals surface area contributed by atoms with Crippen molar-refractivity contribution < 1.29 is 13.2 Å². The van der Waals surface area contributed by atoms with Gasteiger partial charge in [-0.1, -0.05) is 17.7 Å². The Labute approximate surface area is 96.6 Å². The Balaban J connectivity index is 2.43. The second-order valence-electron chi connectivity index (χ2n) is 3.81. The van der Waals surface area contributed by atoms with Gasteiger partial charge >= 0.3 is 0 Å². The zero-order valence-corrected chi connectivity index (χ0v) is 9.20. The first-order valence-electron chi connectivity index (χ1n) is 5.10. The van der Waals surface area contributed by atoms with Gasteiger partial charge in [0, 0.05) is 11.6 Å². The van der Waals surface area contributed by atoms with E-state index in [1.807, 2.05) is 0 Å². The number of benzene rings is 1. The third-order valence-electron chi connectivity index (χ3n) is 2.81. The van der Waals surface area contributed by atoms with Gasteiger partial charge in [0.25, 0.3) is 6.43 Å². The monoisotopic (exact) mass is 249 g/mol. The number of alkyl halides is 2. The number of halogens is 4. The summed E-state index contributed by atoms with van der Waals surface area (Å²) in [5.74, 6) is -0.873. The molecule has 0 aliphatic carbocycles. The van der Waals surface area contributed by atoms with Gasteiger partial charge in [-0.05, 0) is 25.5 Å². The molecular weight excluding hydrogens is 239 g/mol. The Bertz CT molecular complexity index is 389. The van der Waals surface area contributed by atoms with E-state index in [1.54, 1.807) is 0 Å². The predicted molar refractivity (Wildman–Crippen MR) is 56.3 cm³/mol. The van der Waals surface area contributed by atoms with Crippen molar-refractivity contribution in [1.82, 2.24) is 5.32 Å². The molecule has 0 saturated carbocycles. The lowest BCUT2D eigenvalue weighted by Gasteiger charge is -2.15. The zero-order chi connectivity index (χ0) is 11.7. The highest BCUT2D eigenvalue weighted by atomic mass is 35.5. The first-order valence-corrected chi connectivity index (χ1v) is 5.48. The van der Waals surface area contributed by atoms with Gasteiger partial charge in [0.1, 0.15) is 5.82 Å². The van der Waals surface area contributed by atoms with Crippen LogP contribution in [0.1, 0.15) is 36.4 Å². The Kier molecular flexibility index (Phi) is 3.40. The van der Waals surface area contributed by atoms with E-state index >= 15 is 0 Å². The molecule has 1 atom stereocenters. The maximum Gasteiger partial charge on any atom is 0.268 e. The van der Waals surface area contributed by atoms with Gasteiger partial charge in [-0.15, -0.1) is 0 Å². The van der Waals surface area contributed by atoms with Crippen LogP contribution in [-0.4, -0.2) is 6.54 Å². The molecule has 1 aromatic carbocycles. The van der Waals surface area contributed by atoms with E-state index in [0.717, 1.165) is 19.4 Å². The first kappa shape index (κ1) is 11.7. The first-order chi connectivity index (χ1) is 7.61. The summed E-state index contributed by atoms with van der Waals surface area (Å²) in [7, 11) is 0. The van der Waals surface area contributed by atoms with E-state index in [-0.39, 0.29) is 16.6 Å². The normalized spacial score (nSPS) is 20.7. The molecule has 1 aliphatic heterocycles. The molecule has 88 valence electrons. The van der Waals surface area contributed by atoms with Gasteiger partial charge in [-0.2, -0.15) is 0 Å². The van der Waals surface area contributed by atoms with Crippen molar-refractivity contribution >= 4 is 11.6 Å². The summed E-state index contributed by atoms with van der Waals surface area (Å²) < 4.78 is 39.1. The molecule has 1 nitrogen and oxygen atoms in total. The molecule has 0 bridgehead atoms. The SMILES string of the molecule is Fc1c([C@@H]2CCCN2)ccc(Cl)c1C(F)F. The number of rotatable bonds is 2. The molecule has 1 aliphatic rings. The molecular formula is C11H11ClF3N. The lowest BCUT2D eigenvalue weighted by molar-refractivity contribution is 0.146. The van der Waals surface area contributed by atoms with Gasteiger partial charge in [0.2, 0.25) is 0 Å². The molecule has 1 N–H and O–H groups in total. The summed E-state index contributed by atoms with van der Waals surface area (Å²) in [6.45, 7) is 0.788. The van der Waals surface area contributed by atoms with Crippen LogP contribution in [0.25, 0.3) is 0 Å². The van der Waals surface area contributed by atoms with E-state index in [0.29, 0.717) is 0 Å². The summed E-state index contributed by atoms with van der Waals surface area (Å²) in [5.41, 5.74) is -0.398. The van der Waals surface area contributed by atoms with Crippen LogP contribution in [0.3, 0.4) is 0 Å². The van der Waals surface area contributed by atoms with E-state index in [9.17, 15) is 13.2 Å². The van der Waals surface area contributed by atoms with E-state index in [2.05, 4.69) is 5.32 Å². The fourth-order valence-electron chi connectivity index (χ4n) is 2.01.